The molecule has 1 amide bonds. The van der Waals surface area contributed by atoms with E-state index in [1.165, 1.54) is 46.0 Å². The number of sulfonamides is 1. The Bertz CT molecular complexity index is 957. The van der Waals surface area contributed by atoms with Gasteiger partial charge >= 0.3 is 0 Å². The number of hydrogen-bond acceptors (Lipinski definition) is 5. The Morgan fingerprint density at radius 2 is 2.08 bits per heavy atom. The number of fused-ring (bicyclic) bond motifs is 1. The summed E-state index contributed by atoms with van der Waals surface area (Å²) in [6.45, 7) is 2.17. The minimum atomic E-state index is -3.89. The maximum absolute atomic E-state index is 12.3. The zero-order chi connectivity index (χ0) is 18.7. The highest BCUT2D eigenvalue weighted by molar-refractivity contribution is 7.89. The molecule has 2 N–H and O–H groups in total. The van der Waals surface area contributed by atoms with Crippen LogP contribution in [0.4, 0.5) is 0 Å². The SMILES string of the molecule is CC[C@H]1CCc2sc(C(=O)NNS(=O)(=O)c3ccc(C#N)cc3)cc2C1. The first kappa shape index (κ1) is 18.6. The van der Waals surface area contributed by atoms with E-state index in [0.717, 1.165) is 25.7 Å². The van der Waals surface area contributed by atoms with E-state index >= 15 is 0 Å². The first-order valence-electron chi connectivity index (χ1n) is 8.37. The van der Waals surface area contributed by atoms with Gasteiger partial charge in [-0.05, 0) is 61.1 Å². The van der Waals surface area contributed by atoms with Crippen molar-refractivity contribution in [1.29, 1.82) is 5.26 Å². The number of carbonyl (C=O) groups is 1. The molecule has 0 bridgehead atoms. The van der Waals surface area contributed by atoms with Gasteiger partial charge in [-0.2, -0.15) is 5.26 Å². The van der Waals surface area contributed by atoms with Crippen LogP contribution in [0.15, 0.2) is 35.2 Å². The standard InChI is InChI=1S/C18H19N3O3S2/c1-2-12-5-8-16-14(9-12)10-17(25-16)18(22)20-21-26(23,24)15-6-3-13(11-19)4-7-15/h3-4,6-7,10,12,21H,2,5,8-9H2,1H3,(H,20,22)/t12-/m0/s1. The quantitative estimate of drug-likeness (QED) is 0.768. The van der Waals surface area contributed by atoms with Gasteiger partial charge in [0, 0.05) is 4.88 Å². The van der Waals surface area contributed by atoms with E-state index in [9.17, 15) is 13.2 Å². The van der Waals surface area contributed by atoms with Gasteiger partial charge in [-0.25, -0.2) is 8.42 Å². The molecule has 0 aliphatic heterocycles. The summed E-state index contributed by atoms with van der Waals surface area (Å²) in [7, 11) is -3.89. The van der Waals surface area contributed by atoms with E-state index in [0.29, 0.717) is 16.4 Å². The van der Waals surface area contributed by atoms with E-state index < -0.39 is 15.9 Å². The number of hydrogen-bond donors (Lipinski definition) is 2. The van der Waals surface area contributed by atoms with Crippen molar-refractivity contribution in [3.63, 3.8) is 0 Å². The summed E-state index contributed by atoms with van der Waals surface area (Å²) in [5.74, 6) is 0.192. The number of nitriles is 1. The van der Waals surface area contributed by atoms with E-state index in [1.807, 2.05) is 12.1 Å². The molecule has 1 atom stereocenters. The molecule has 1 aliphatic carbocycles. The number of aryl methyl sites for hydroxylation is 1. The third-order valence-electron chi connectivity index (χ3n) is 4.58. The summed E-state index contributed by atoms with van der Waals surface area (Å²) >= 11 is 1.42. The largest absolute Gasteiger partial charge is 0.276 e. The first-order chi connectivity index (χ1) is 12.4. The van der Waals surface area contributed by atoms with Crippen molar-refractivity contribution in [3.8, 4) is 6.07 Å². The van der Waals surface area contributed by atoms with Crippen LogP contribution in [0, 0.1) is 17.2 Å². The first-order valence-corrected chi connectivity index (χ1v) is 10.7. The van der Waals surface area contributed by atoms with Gasteiger partial charge in [-0.3, -0.25) is 10.2 Å². The van der Waals surface area contributed by atoms with Gasteiger partial charge in [-0.15, -0.1) is 16.2 Å². The number of nitrogens with zero attached hydrogens (tertiary/aromatic N) is 1. The molecule has 1 aliphatic rings. The number of thiophene rings is 1. The zero-order valence-electron chi connectivity index (χ0n) is 14.3. The Labute approximate surface area is 156 Å². The molecular formula is C18H19N3O3S2. The van der Waals surface area contributed by atoms with Crippen LogP contribution < -0.4 is 10.3 Å². The van der Waals surface area contributed by atoms with Gasteiger partial charge in [0.25, 0.3) is 15.9 Å². The topological polar surface area (TPSA) is 99.1 Å². The van der Waals surface area contributed by atoms with Crippen LogP contribution in [-0.4, -0.2) is 14.3 Å². The molecule has 26 heavy (non-hydrogen) atoms. The van der Waals surface area contributed by atoms with Crippen molar-refractivity contribution in [3.05, 3.63) is 51.2 Å². The average molecular weight is 390 g/mol. The molecule has 8 heteroatoms. The molecule has 3 rings (SSSR count). The summed E-state index contributed by atoms with van der Waals surface area (Å²) in [6.07, 6.45) is 4.22. The number of hydrazine groups is 1. The fourth-order valence-corrected chi connectivity index (χ4v) is 4.95. The Kier molecular flexibility index (Phi) is 5.41. The highest BCUT2D eigenvalue weighted by Gasteiger charge is 2.23. The molecular weight excluding hydrogens is 370 g/mol. The molecule has 0 spiro atoms. The van der Waals surface area contributed by atoms with E-state index in [4.69, 9.17) is 5.26 Å². The molecule has 0 unspecified atom stereocenters. The minimum absolute atomic E-state index is 0.0203. The lowest BCUT2D eigenvalue weighted by Crippen LogP contribution is -2.41. The van der Waals surface area contributed by atoms with Crippen molar-refractivity contribution >= 4 is 27.3 Å². The maximum atomic E-state index is 12.3. The van der Waals surface area contributed by atoms with Gasteiger partial charge in [0.1, 0.15) is 0 Å². The van der Waals surface area contributed by atoms with Crippen LogP contribution in [0.5, 0.6) is 0 Å². The number of amides is 1. The number of benzene rings is 1. The van der Waals surface area contributed by atoms with Crippen LogP contribution in [-0.2, 0) is 22.9 Å². The number of rotatable bonds is 5. The zero-order valence-corrected chi connectivity index (χ0v) is 15.9. The fourth-order valence-electron chi connectivity index (χ4n) is 3.00. The lowest BCUT2D eigenvalue weighted by molar-refractivity contribution is 0.0949. The van der Waals surface area contributed by atoms with Crippen molar-refractivity contribution in [2.24, 2.45) is 5.92 Å². The highest BCUT2D eigenvalue weighted by Crippen LogP contribution is 2.33. The Morgan fingerprint density at radius 1 is 1.35 bits per heavy atom. The van der Waals surface area contributed by atoms with Gasteiger partial charge in [0.2, 0.25) is 0 Å². The predicted molar refractivity (Wildman–Crippen MR) is 99.1 cm³/mol. The van der Waals surface area contributed by atoms with Crippen molar-refractivity contribution < 1.29 is 13.2 Å². The van der Waals surface area contributed by atoms with Crippen LogP contribution in [0.3, 0.4) is 0 Å². The lowest BCUT2D eigenvalue weighted by atomic mass is 9.87. The molecule has 136 valence electrons. The van der Waals surface area contributed by atoms with Gasteiger partial charge in [-0.1, -0.05) is 13.3 Å². The second-order valence-electron chi connectivity index (χ2n) is 6.27. The third-order valence-corrected chi connectivity index (χ3v) is 7.08. The number of carbonyl (C=O) groups excluding carboxylic acids is 1. The average Bonchev–Trinajstić information content (AvgIpc) is 3.09. The second kappa shape index (κ2) is 7.58. The van der Waals surface area contributed by atoms with E-state index in [2.05, 4.69) is 17.2 Å². The third kappa shape index (κ3) is 3.96. The van der Waals surface area contributed by atoms with Gasteiger partial charge < -0.3 is 0 Å². The Balaban J connectivity index is 1.67. The molecule has 2 aromatic rings. The predicted octanol–water partition coefficient (Wildman–Crippen LogP) is 2.76. The Morgan fingerprint density at radius 3 is 2.73 bits per heavy atom. The maximum Gasteiger partial charge on any atom is 0.276 e. The van der Waals surface area contributed by atoms with Crippen LogP contribution in [0.1, 0.15) is 45.4 Å². The molecule has 1 aromatic heterocycles. The van der Waals surface area contributed by atoms with Crippen LogP contribution in [0.25, 0.3) is 0 Å². The summed E-state index contributed by atoms with van der Waals surface area (Å²) in [5, 5.41) is 8.76. The molecule has 1 aromatic carbocycles. The molecule has 1 heterocycles. The minimum Gasteiger partial charge on any atom is -0.273 e. The fraction of sp³-hybridized carbons (Fsp3) is 0.333. The number of nitrogens with one attached hydrogen (secondary N) is 2. The van der Waals surface area contributed by atoms with Gasteiger partial charge in [0.15, 0.2) is 0 Å². The molecule has 0 saturated carbocycles. The van der Waals surface area contributed by atoms with Crippen molar-refractivity contribution in [2.45, 2.75) is 37.5 Å². The van der Waals surface area contributed by atoms with E-state index in [-0.39, 0.29) is 4.90 Å². The molecule has 0 saturated heterocycles. The highest BCUT2D eigenvalue weighted by atomic mass is 32.2. The molecule has 0 radical (unpaired) electrons. The van der Waals surface area contributed by atoms with Gasteiger partial charge in [0.05, 0.1) is 21.4 Å². The summed E-state index contributed by atoms with van der Waals surface area (Å²) in [4.78, 5) is 16.1. The normalized spacial score (nSPS) is 16.5. The van der Waals surface area contributed by atoms with Crippen LogP contribution >= 0.6 is 11.3 Å². The van der Waals surface area contributed by atoms with Crippen molar-refractivity contribution in [2.75, 3.05) is 0 Å². The van der Waals surface area contributed by atoms with Crippen molar-refractivity contribution in [1.82, 2.24) is 10.3 Å². The summed E-state index contributed by atoms with van der Waals surface area (Å²) < 4.78 is 24.5. The molecule has 6 nitrogen and oxygen atoms in total. The second-order valence-corrected chi connectivity index (χ2v) is 9.09. The smallest absolute Gasteiger partial charge is 0.273 e. The monoisotopic (exact) mass is 389 g/mol. The molecule has 0 fully saturated rings. The summed E-state index contributed by atoms with van der Waals surface area (Å²) in [6, 6.07) is 9.26. The van der Waals surface area contributed by atoms with E-state index in [1.54, 1.807) is 0 Å². The Hall–Kier alpha value is -2.21. The lowest BCUT2D eigenvalue weighted by Gasteiger charge is -2.19. The van der Waals surface area contributed by atoms with Crippen LogP contribution in [0.2, 0.25) is 0 Å². The summed E-state index contributed by atoms with van der Waals surface area (Å²) in [5.41, 5.74) is 3.83.